The average Bonchev–Trinajstić information content (AvgIpc) is 3.18. The van der Waals surface area contributed by atoms with Crippen molar-refractivity contribution in [1.82, 2.24) is 19.7 Å². The Balaban J connectivity index is 1.45. The van der Waals surface area contributed by atoms with E-state index in [1.807, 2.05) is 29.9 Å². The Morgan fingerprint density at radius 3 is 2.65 bits per heavy atom. The van der Waals surface area contributed by atoms with E-state index in [-0.39, 0.29) is 11.8 Å². The summed E-state index contributed by atoms with van der Waals surface area (Å²) in [5.41, 5.74) is 3.82. The van der Waals surface area contributed by atoms with Gasteiger partial charge in [-0.05, 0) is 49.8 Å². The standard InChI is InChI=1S/C25H31N5O4/c1-3-4-18-21-22(30(2)29-18)24(26-14-15-5-10-19-20(13-15)34-12-11-33-19)28-23(27-21)16-6-8-17(9-7-16)25(31)32/h5,10,13,16-17H,3-4,6-9,11-12,14H2,1-2H3,(H,31,32)(H,26,27,28). The minimum Gasteiger partial charge on any atom is -0.486 e. The molecular weight excluding hydrogens is 434 g/mol. The van der Waals surface area contributed by atoms with Crippen LogP contribution in [0.5, 0.6) is 11.5 Å². The Morgan fingerprint density at radius 2 is 1.91 bits per heavy atom. The number of aromatic nitrogens is 4. The number of fused-ring (bicyclic) bond motifs is 2. The molecule has 3 heterocycles. The molecule has 0 atom stereocenters. The molecule has 3 aromatic rings. The summed E-state index contributed by atoms with van der Waals surface area (Å²) in [6.45, 7) is 3.83. The van der Waals surface area contributed by atoms with Crippen molar-refractivity contribution in [2.75, 3.05) is 18.5 Å². The number of benzene rings is 1. The molecule has 0 amide bonds. The lowest BCUT2D eigenvalue weighted by Crippen LogP contribution is -2.22. The molecule has 2 N–H and O–H groups in total. The molecule has 1 fully saturated rings. The van der Waals surface area contributed by atoms with Crippen LogP contribution in [0.3, 0.4) is 0 Å². The lowest BCUT2D eigenvalue weighted by Gasteiger charge is -2.25. The third kappa shape index (κ3) is 4.38. The van der Waals surface area contributed by atoms with E-state index in [4.69, 9.17) is 24.5 Å². The molecule has 1 saturated carbocycles. The zero-order chi connectivity index (χ0) is 23.7. The van der Waals surface area contributed by atoms with Gasteiger partial charge in [0.1, 0.15) is 30.1 Å². The number of anilines is 1. The van der Waals surface area contributed by atoms with Crippen molar-refractivity contribution in [3.05, 3.63) is 35.3 Å². The molecule has 0 unspecified atom stereocenters. The maximum Gasteiger partial charge on any atom is 0.306 e. The number of ether oxygens (including phenoxy) is 2. The van der Waals surface area contributed by atoms with E-state index in [0.29, 0.717) is 32.6 Å². The SMILES string of the molecule is CCCc1nn(C)c2c(NCc3ccc4c(c3)OCCO4)nc(C3CCC(C(=O)O)CC3)nc12. The van der Waals surface area contributed by atoms with Gasteiger partial charge in [-0.25, -0.2) is 9.97 Å². The third-order valence-electron chi connectivity index (χ3n) is 6.76. The first-order valence-corrected chi connectivity index (χ1v) is 12.1. The molecule has 34 heavy (non-hydrogen) atoms. The summed E-state index contributed by atoms with van der Waals surface area (Å²) in [6, 6.07) is 5.97. The van der Waals surface area contributed by atoms with E-state index in [1.54, 1.807) is 0 Å². The van der Waals surface area contributed by atoms with Crippen molar-refractivity contribution in [3.63, 3.8) is 0 Å². The monoisotopic (exact) mass is 465 g/mol. The highest BCUT2D eigenvalue weighted by Gasteiger charge is 2.29. The maximum atomic E-state index is 11.4. The van der Waals surface area contributed by atoms with Crippen molar-refractivity contribution in [1.29, 1.82) is 0 Å². The first-order valence-electron chi connectivity index (χ1n) is 12.1. The van der Waals surface area contributed by atoms with Gasteiger partial charge in [-0.1, -0.05) is 19.4 Å². The van der Waals surface area contributed by atoms with Gasteiger partial charge in [0.2, 0.25) is 0 Å². The van der Waals surface area contributed by atoms with Crippen molar-refractivity contribution in [2.24, 2.45) is 13.0 Å². The predicted molar refractivity (Wildman–Crippen MR) is 127 cm³/mol. The van der Waals surface area contributed by atoms with Gasteiger partial charge in [-0.2, -0.15) is 5.10 Å². The third-order valence-corrected chi connectivity index (χ3v) is 6.76. The molecule has 180 valence electrons. The summed E-state index contributed by atoms with van der Waals surface area (Å²) < 4.78 is 13.2. The number of hydrogen-bond donors (Lipinski definition) is 2. The van der Waals surface area contributed by atoms with Crippen LogP contribution < -0.4 is 14.8 Å². The largest absolute Gasteiger partial charge is 0.486 e. The second kappa shape index (κ2) is 9.48. The van der Waals surface area contributed by atoms with Gasteiger partial charge in [0, 0.05) is 19.5 Å². The molecule has 9 heteroatoms. The number of aryl methyl sites for hydroxylation is 2. The van der Waals surface area contributed by atoms with Crippen LogP contribution in [0.4, 0.5) is 5.82 Å². The van der Waals surface area contributed by atoms with Crippen LogP contribution in [0.2, 0.25) is 0 Å². The van der Waals surface area contributed by atoms with E-state index >= 15 is 0 Å². The lowest BCUT2D eigenvalue weighted by atomic mass is 9.81. The molecule has 2 aliphatic rings. The van der Waals surface area contributed by atoms with Gasteiger partial charge in [0.05, 0.1) is 11.6 Å². The molecule has 1 aromatic carbocycles. The molecule has 0 spiro atoms. The minimum atomic E-state index is -0.700. The summed E-state index contributed by atoms with van der Waals surface area (Å²) in [6.07, 6.45) is 4.73. The summed E-state index contributed by atoms with van der Waals surface area (Å²) >= 11 is 0. The fourth-order valence-electron chi connectivity index (χ4n) is 4.95. The highest BCUT2D eigenvalue weighted by molar-refractivity contribution is 5.87. The Kier molecular flexibility index (Phi) is 6.26. The molecule has 9 nitrogen and oxygen atoms in total. The molecule has 1 aliphatic heterocycles. The van der Waals surface area contributed by atoms with Crippen LogP contribution in [-0.2, 0) is 24.8 Å². The maximum absolute atomic E-state index is 11.4. The van der Waals surface area contributed by atoms with Crippen molar-refractivity contribution >= 4 is 22.8 Å². The summed E-state index contributed by atoms with van der Waals surface area (Å²) in [4.78, 5) is 21.3. The Morgan fingerprint density at radius 1 is 1.15 bits per heavy atom. The summed E-state index contributed by atoms with van der Waals surface area (Å²) in [5.74, 6) is 2.27. The molecule has 2 aromatic heterocycles. The number of rotatable bonds is 7. The van der Waals surface area contributed by atoms with Crippen LogP contribution >= 0.6 is 0 Å². The van der Waals surface area contributed by atoms with Crippen LogP contribution in [-0.4, -0.2) is 44.0 Å². The fourth-order valence-corrected chi connectivity index (χ4v) is 4.95. The predicted octanol–water partition coefficient (Wildman–Crippen LogP) is 4.06. The van der Waals surface area contributed by atoms with Gasteiger partial charge in [-0.15, -0.1) is 0 Å². The minimum absolute atomic E-state index is 0.157. The number of carboxylic acid groups (broad SMARTS) is 1. The second-order valence-electron chi connectivity index (χ2n) is 9.17. The van der Waals surface area contributed by atoms with Gasteiger partial charge < -0.3 is 19.9 Å². The molecule has 0 saturated heterocycles. The highest BCUT2D eigenvalue weighted by Crippen LogP contribution is 2.37. The topological polar surface area (TPSA) is 111 Å². The average molecular weight is 466 g/mol. The Bertz CT molecular complexity index is 1200. The number of nitrogens with one attached hydrogen (secondary N) is 1. The molecule has 5 rings (SSSR count). The Labute approximate surface area is 198 Å². The number of carbonyl (C=O) groups is 1. The van der Waals surface area contributed by atoms with Crippen LogP contribution in [0.25, 0.3) is 11.0 Å². The number of hydrogen-bond acceptors (Lipinski definition) is 7. The Hall–Kier alpha value is -3.36. The normalized spacial score (nSPS) is 19.8. The fraction of sp³-hybridized carbons (Fsp3) is 0.520. The van der Waals surface area contributed by atoms with Gasteiger partial charge >= 0.3 is 5.97 Å². The smallest absolute Gasteiger partial charge is 0.306 e. The number of nitrogens with zero attached hydrogens (tertiary/aromatic N) is 4. The van der Waals surface area contributed by atoms with Crippen LogP contribution in [0.15, 0.2) is 18.2 Å². The van der Waals surface area contributed by atoms with Gasteiger partial charge in [0.25, 0.3) is 0 Å². The molecule has 0 radical (unpaired) electrons. The summed E-state index contributed by atoms with van der Waals surface area (Å²) in [5, 5.41) is 17.6. The van der Waals surface area contributed by atoms with Gasteiger partial charge in [0.15, 0.2) is 17.3 Å². The van der Waals surface area contributed by atoms with Crippen molar-refractivity contribution < 1.29 is 19.4 Å². The van der Waals surface area contributed by atoms with Crippen molar-refractivity contribution in [2.45, 2.75) is 57.9 Å². The quantitative estimate of drug-likeness (QED) is 0.537. The molecule has 1 aliphatic carbocycles. The van der Waals surface area contributed by atoms with Gasteiger partial charge in [-0.3, -0.25) is 9.48 Å². The lowest BCUT2D eigenvalue weighted by molar-refractivity contribution is -0.142. The second-order valence-corrected chi connectivity index (χ2v) is 9.17. The first-order chi connectivity index (χ1) is 16.5. The van der Waals surface area contributed by atoms with E-state index in [9.17, 15) is 9.90 Å². The first kappa shape index (κ1) is 22.4. The van der Waals surface area contributed by atoms with E-state index in [0.717, 1.165) is 71.1 Å². The zero-order valence-electron chi connectivity index (χ0n) is 19.7. The van der Waals surface area contributed by atoms with Crippen molar-refractivity contribution in [3.8, 4) is 11.5 Å². The van der Waals surface area contributed by atoms with Crippen LogP contribution in [0, 0.1) is 5.92 Å². The number of carboxylic acids is 1. The highest BCUT2D eigenvalue weighted by atomic mass is 16.6. The zero-order valence-corrected chi connectivity index (χ0v) is 19.7. The number of aliphatic carboxylic acids is 1. The van der Waals surface area contributed by atoms with Crippen LogP contribution in [0.1, 0.15) is 62.0 Å². The molecular formula is C25H31N5O4. The summed E-state index contributed by atoms with van der Waals surface area (Å²) in [7, 11) is 1.93. The van der Waals surface area contributed by atoms with E-state index in [1.165, 1.54) is 0 Å². The van der Waals surface area contributed by atoms with E-state index in [2.05, 4.69) is 12.2 Å². The molecule has 0 bridgehead atoms. The van der Waals surface area contributed by atoms with E-state index < -0.39 is 5.97 Å².